The summed E-state index contributed by atoms with van der Waals surface area (Å²) in [5.74, 6) is 1.37. The van der Waals surface area contributed by atoms with Crippen molar-refractivity contribution in [3.63, 3.8) is 0 Å². The third-order valence-corrected chi connectivity index (χ3v) is 6.82. The fraction of sp³-hybridized carbons (Fsp3) is 0.0323. The van der Waals surface area contributed by atoms with Crippen molar-refractivity contribution in [3.05, 3.63) is 129 Å². The van der Waals surface area contributed by atoms with Crippen LogP contribution in [-0.4, -0.2) is 15.9 Å². The van der Waals surface area contributed by atoms with Crippen molar-refractivity contribution in [1.82, 2.24) is 9.66 Å². The second kappa shape index (κ2) is 10.4. The molecule has 0 aliphatic rings. The molecule has 0 aliphatic carbocycles. The third-order valence-electron chi connectivity index (χ3n) is 6.20. The lowest BCUT2D eigenvalue weighted by molar-refractivity contribution is 0.304. The first kappa shape index (κ1) is 24.3. The average Bonchev–Trinajstić information content (AvgIpc) is 3.40. The van der Waals surface area contributed by atoms with Gasteiger partial charge >= 0.3 is 0 Å². The van der Waals surface area contributed by atoms with Crippen molar-refractivity contribution in [1.29, 1.82) is 5.26 Å². The molecule has 4 aromatic carbocycles. The van der Waals surface area contributed by atoms with Crippen molar-refractivity contribution in [3.8, 4) is 23.4 Å². The monoisotopic (exact) mass is 574 g/mol. The summed E-state index contributed by atoms with van der Waals surface area (Å²) in [6.45, 7) is 0.259. The molecule has 8 heteroatoms. The average molecular weight is 575 g/mol. The molecule has 0 spiro atoms. The molecular weight excluding hydrogens is 556 g/mol. The number of halogens is 1. The maximum atomic E-state index is 13.5. The van der Waals surface area contributed by atoms with Crippen molar-refractivity contribution in [2.45, 2.75) is 6.61 Å². The fourth-order valence-electron chi connectivity index (χ4n) is 4.23. The lowest BCUT2D eigenvalue weighted by Crippen LogP contribution is -2.20. The number of nitriles is 1. The molecule has 0 radical (unpaired) electrons. The van der Waals surface area contributed by atoms with E-state index < -0.39 is 0 Å². The first-order valence-corrected chi connectivity index (χ1v) is 12.9. The number of benzene rings is 4. The number of hydrogen-bond donors (Lipinski definition) is 0. The molecule has 39 heavy (non-hydrogen) atoms. The number of furan rings is 1. The number of nitrogens with zero attached hydrogens (tertiary/aromatic N) is 4. The maximum absolute atomic E-state index is 13.5. The van der Waals surface area contributed by atoms with E-state index in [4.69, 9.17) is 14.1 Å². The highest BCUT2D eigenvalue weighted by Gasteiger charge is 2.16. The summed E-state index contributed by atoms with van der Waals surface area (Å²) in [5, 5.41) is 15.2. The lowest BCUT2D eigenvalue weighted by Gasteiger charge is -2.10. The predicted octanol–water partition coefficient (Wildman–Crippen LogP) is 6.91. The van der Waals surface area contributed by atoms with Crippen LogP contribution in [0.5, 0.6) is 5.75 Å². The summed E-state index contributed by atoms with van der Waals surface area (Å²) in [7, 11) is 0. The molecule has 0 saturated carbocycles. The van der Waals surface area contributed by atoms with Gasteiger partial charge < -0.3 is 9.15 Å². The number of para-hydroxylation sites is 2. The van der Waals surface area contributed by atoms with Crippen LogP contribution in [0.15, 0.2) is 116 Å². The van der Waals surface area contributed by atoms with Crippen LogP contribution >= 0.6 is 15.9 Å². The highest BCUT2D eigenvalue weighted by atomic mass is 79.9. The summed E-state index contributed by atoms with van der Waals surface area (Å²) in [4.78, 5) is 18.2. The second-order valence-corrected chi connectivity index (χ2v) is 9.56. The Morgan fingerprint density at radius 2 is 1.79 bits per heavy atom. The Kier molecular flexibility index (Phi) is 6.49. The van der Waals surface area contributed by atoms with Crippen LogP contribution in [0.1, 0.15) is 16.7 Å². The molecule has 2 heterocycles. The molecule has 0 aliphatic heterocycles. The van der Waals surface area contributed by atoms with E-state index in [0.29, 0.717) is 43.9 Å². The number of hydrogen-bond acceptors (Lipinski definition) is 6. The molecule has 6 aromatic rings. The van der Waals surface area contributed by atoms with Crippen LogP contribution in [-0.2, 0) is 6.61 Å². The van der Waals surface area contributed by atoms with E-state index in [9.17, 15) is 10.1 Å². The van der Waals surface area contributed by atoms with Crippen LogP contribution in [0.25, 0.3) is 33.5 Å². The van der Waals surface area contributed by atoms with Crippen molar-refractivity contribution in [2.75, 3.05) is 0 Å². The van der Waals surface area contributed by atoms with Gasteiger partial charge in [-0.2, -0.15) is 15.0 Å². The molecule has 188 valence electrons. The molecule has 6 rings (SSSR count). The molecule has 0 fully saturated rings. The largest absolute Gasteiger partial charge is 0.488 e. The zero-order valence-corrected chi connectivity index (χ0v) is 22.0. The predicted molar refractivity (Wildman–Crippen MR) is 154 cm³/mol. The van der Waals surface area contributed by atoms with Crippen LogP contribution < -0.4 is 10.3 Å². The smallest absolute Gasteiger partial charge is 0.282 e. The Morgan fingerprint density at radius 1 is 1.00 bits per heavy atom. The summed E-state index contributed by atoms with van der Waals surface area (Å²) >= 11 is 3.55. The first-order chi connectivity index (χ1) is 19.1. The molecule has 0 saturated heterocycles. The van der Waals surface area contributed by atoms with Crippen molar-refractivity contribution in [2.24, 2.45) is 5.10 Å². The van der Waals surface area contributed by atoms with Gasteiger partial charge in [0.1, 0.15) is 17.9 Å². The van der Waals surface area contributed by atoms with Gasteiger partial charge in [0.25, 0.3) is 5.56 Å². The van der Waals surface area contributed by atoms with Gasteiger partial charge in [-0.15, -0.1) is 0 Å². The minimum absolute atomic E-state index is 0.259. The van der Waals surface area contributed by atoms with E-state index in [0.717, 1.165) is 16.5 Å². The van der Waals surface area contributed by atoms with E-state index >= 15 is 0 Å². The number of fused-ring (bicyclic) bond motifs is 2. The van der Waals surface area contributed by atoms with Gasteiger partial charge in [-0.3, -0.25) is 4.79 Å². The number of aromatic nitrogens is 2. The molecule has 0 N–H and O–H groups in total. The van der Waals surface area contributed by atoms with Gasteiger partial charge in [-0.25, -0.2) is 4.98 Å². The highest BCUT2D eigenvalue weighted by Crippen LogP contribution is 2.28. The quantitative estimate of drug-likeness (QED) is 0.201. The lowest BCUT2D eigenvalue weighted by atomic mass is 10.1. The minimum atomic E-state index is -0.303. The second-order valence-electron chi connectivity index (χ2n) is 8.71. The van der Waals surface area contributed by atoms with Crippen LogP contribution in [0, 0.1) is 11.3 Å². The van der Waals surface area contributed by atoms with Crippen LogP contribution in [0.3, 0.4) is 0 Å². The topological polar surface area (TPSA) is 93.4 Å². The standard InChI is InChI=1S/C31H19BrN4O3/c32-25-15-20(13-14-28(25)38-19-23-9-2-1-8-22(23)17-33)18-34-36-30(29-16-21-7-3-6-12-27(21)39-29)35-26-11-5-4-10-24(26)31(36)37/h1-16,18H,19H2. The van der Waals surface area contributed by atoms with Gasteiger partial charge in [0.05, 0.1) is 33.2 Å². The molecule has 7 nitrogen and oxygen atoms in total. The van der Waals surface area contributed by atoms with Gasteiger partial charge in [0, 0.05) is 10.9 Å². The van der Waals surface area contributed by atoms with E-state index in [1.165, 1.54) is 4.68 Å². The Bertz CT molecular complexity index is 1950. The van der Waals surface area contributed by atoms with Crippen LogP contribution in [0.4, 0.5) is 0 Å². The third kappa shape index (κ3) is 4.83. The molecular formula is C31H19BrN4O3. The Balaban J connectivity index is 1.34. The van der Waals surface area contributed by atoms with Gasteiger partial charge in [0.15, 0.2) is 5.76 Å². The summed E-state index contributed by atoms with van der Waals surface area (Å²) in [5.41, 5.74) is 3.07. The first-order valence-electron chi connectivity index (χ1n) is 12.1. The van der Waals surface area contributed by atoms with E-state index in [1.54, 1.807) is 30.5 Å². The molecule has 0 atom stereocenters. The Morgan fingerprint density at radius 3 is 2.64 bits per heavy atom. The maximum Gasteiger partial charge on any atom is 0.282 e. The number of ether oxygens (including phenoxy) is 1. The van der Waals surface area contributed by atoms with E-state index in [-0.39, 0.29) is 12.2 Å². The zero-order valence-electron chi connectivity index (χ0n) is 20.4. The Hall–Kier alpha value is -5.00. The summed E-state index contributed by atoms with van der Waals surface area (Å²) < 4.78 is 13.9. The van der Waals surface area contributed by atoms with E-state index in [2.05, 4.69) is 27.1 Å². The molecule has 0 bridgehead atoms. The van der Waals surface area contributed by atoms with Crippen molar-refractivity contribution < 1.29 is 9.15 Å². The van der Waals surface area contributed by atoms with Crippen LogP contribution in [0.2, 0.25) is 0 Å². The summed E-state index contributed by atoms with van der Waals surface area (Å²) in [6.07, 6.45) is 1.59. The number of rotatable bonds is 6. The molecule has 0 unspecified atom stereocenters. The molecule has 2 aromatic heterocycles. The summed E-state index contributed by atoms with van der Waals surface area (Å²) in [6, 6.07) is 31.6. The van der Waals surface area contributed by atoms with Crippen molar-refractivity contribution >= 4 is 44.0 Å². The molecule has 0 amide bonds. The minimum Gasteiger partial charge on any atom is -0.488 e. The Labute approximate surface area is 231 Å². The SMILES string of the molecule is N#Cc1ccccc1COc1ccc(C=Nn2c(-c3cc4ccccc4o3)nc3ccccc3c2=O)cc1Br. The van der Waals surface area contributed by atoms with Gasteiger partial charge in [-0.1, -0.05) is 48.5 Å². The normalized spacial score (nSPS) is 11.3. The van der Waals surface area contributed by atoms with E-state index in [1.807, 2.05) is 72.8 Å². The zero-order chi connectivity index (χ0) is 26.8. The fourth-order valence-corrected chi connectivity index (χ4v) is 4.74. The van der Waals surface area contributed by atoms with Gasteiger partial charge in [0.2, 0.25) is 5.82 Å². The highest BCUT2D eigenvalue weighted by molar-refractivity contribution is 9.10. The van der Waals surface area contributed by atoms with Gasteiger partial charge in [-0.05, 0) is 70.0 Å².